The van der Waals surface area contributed by atoms with Crippen molar-refractivity contribution in [3.8, 4) is 11.3 Å². The van der Waals surface area contributed by atoms with E-state index in [0.29, 0.717) is 25.8 Å². The number of halogens is 1. The van der Waals surface area contributed by atoms with Gasteiger partial charge in [0.1, 0.15) is 11.4 Å². The summed E-state index contributed by atoms with van der Waals surface area (Å²) in [6.45, 7) is 4.46. The van der Waals surface area contributed by atoms with Gasteiger partial charge in [-0.1, -0.05) is 42.5 Å². The summed E-state index contributed by atoms with van der Waals surface area (Å²) in [4.78, 5) is 19.4. The molecule has 1 aromatic heterocycles. The molecule has 2 heterocycles. The van der Waals surface area contributed by atoms with E-state index >= 15 is 0 Å². The lowest BCUT2D eigenvalue weighted by Crippen LogP contribution is -2.48. The van der Waals surface area contributed by atoms with Crippen molar-refractivity contribution in [1.29, 1.82) is 0 Å². The lowest BCUT2D eigenvalue weighted by Gasteiger charge is -2.43. The third kappa shape index (κ3) is 4.91. The van der Waals surface area contributed by atoms with Crippen LogP contribution in [0.15, 0.2) is 66.7 Å². The van der Waals surface area contributed by atoms with Crippen molar-refractivity contribution in [1.82, 2.24) is 9.88 Å². The molecule has 172 valence electrons. The minimum absolute atomic E-state index is 0.00274. The zero-order valence-electron chi connectivity index (χ0n) is 19.0. The van der Waals surface area contributed by atoms with Crippen LogP contribution in [0.25, 0.3) is 11.3 Å². The van der Waals surface area contributed by atoms with E-state index in [4.69, 9.17) is 4.74 Å². The Bertz CT molecular complexity index is 1100. The standard InChI is InChI=1S/C27H29FN2O3/c1-19-5-3-6-25(29-19)22-9-7-21(8-10-22)20(2)30-17-16-27(15-4-18-31,33-26(30)32)23-11-13-24(28)14-12-23/h3,5-14,20,31H,4,15-18H2,1-2H3/t20-,27+/m0/s1. The molecule has 0 bridgehead atoms. The van der Waals surface area contributed by atoms with E-state index in [1.165, 1.54) is 12.1 Å². The summed E-state index contributed by atoms with van der Waals surface area (Å²) >= 11 is 0. The fourth-order valence-corrected chi connectivity index (χ4v) is 4.48. The number of pyridine rings is 1. The highest BCUT2D eigenvalue weighted by atomic mass is 19.1. The van der Waals surface area contributed by atoms with Crippen molar-refractivity contribution in [2.45, 2.75) is 44.8 Å². The van der Waals surface area contributed by atoms with Crippen LogP contribution >= 0.6 is 0 Å². The van der Waals surface area contributed by atoms with Gasteiger partial charge in [-0.3, -0.25) is 4.98 Å². The molecule has 0 radical (unpaired) electrons. The Morgan fingerprint density at radius 3 is 2.48 bits per heavy atom. The number of carbonyl (C=O) groups excluding carboxylic acids is 1. The Hall–Kier alpha value is -3.25. The van der Waals surface area contributed by atoms with Gasteiger partial charge in [-0.05, 0) is 62.1 Å². The van der Waals surface area contributed by atoms with E-state index in [9.17, 15) is 14.3 Å². The van der Waals surface area contributed by atoms with Crippen LogP contribution in [0.1, 0.15) is 49.0 Å². The number of aliphatic hydroxyl groups is 1. The van der Waals surface area contributed by atoms with E-state index in [2.05, 4.69) is 4.98 Å². The van der Waals surface area contributed by atoms with Gasteiger partial charge in [0, 0.05) is 30.8 Å². The summed E-state index contributed by atoms with van der Waals surface area (Å²) in [5.74, 6) is -0.335. The van der Waals surface area contributed by atoms with Gasteiger partial charge in [-0.25, -0.2) is 9.18 Å². The van der Waals surface area contributed by atoms with Crippen LogP contribution in [-0.4, -0.2) is 34.2 Å². The molecule has 1 aliphatic rings. The van der Waals surface area contributed by atoms with Crippen LogP contribution in [0.2, 0.25) is 0 Å². The summed E-state index contributed by atoms with van der Waals surface area (Å²) in [6, 6.07) is 19.9. The third-order valence-electron chi connectivity index (χ3n) is 6.43. The average molecular weight is 449 g/mol. The van der Waals surface area contributed by atoms with E-state index in [0.717, 1.165) is 28.1 Å². The highest BCUT2D eigenvalue weighted by Gasteiger charge is 2.43. The van der Waals surface area contributed by atoms with Crippen molar-refractivity contribution in [2.24, 2.45) is 0 Å². The first-order chi connectivity index (χ1) is 15.9. The Balaban J connectivity index is 1.51. The number of aryl methyl sites for hydroxylation is 1. The monoisotopic (exact) mass is 448 g/mol. The molecule has 4 rings (SSSR count). The van der Waals surface area contributed by atoms with Crippen LogP contribution < -0.4 is 0 Å². The van der Waals surface area contributed by atoms with Crippen LogP contribution in [0.4, 0.5) is 9.18 Å². The van der Waals surface area contributed by atoms with Gasteiger partial charge in [0.25, 0.3) is 0 Å². The second-order valence-corrected chi connectivity index (χ2v) is 8.60. The molecule has 1 saturated heterocycles. The summed E-state index contributed by atoms with van der Waals surface area (Å²) in [6.07, 6.45) is 1.15. The molecular formula is C27H29FN2O3. The Labute approximate surface area is 193 Å². The first kappa shape index (κ1) is 22.9. The van der Waals surface area contributed by atoms with Crippen LogP contribution in [0, 0.1) is 12.7 Å². The SMILES string of the molecule is Cc1cccc(-c2ccc([C@H](C)N3CC[C@](CCCO)(c4ccc(F)cc4)OC3=O)cc2)n1. The Morgan fingerprint density at radius 2 is 1.85 bits per heavy atom. The molecule has 33 heavy (non-hydrogen) atoms. The molecule has 0 spiro atoms. The van der Waals surface area contributed by atoms with E-state index in [1.54, 1.807) is 17.0 Å². The van der Waals surface area contributed by atoms with Crippen molar-refractivity contribution in [3.63, 3.8) is 0 Å². The smallest absolute Gasteiger partial charge is 0.411 e. The van der Waals surface area contributed by atoms with Gasteiger partial charge in [0.2, 0.25) is 0 Å². The highest BCUT2D eigenvalue weighted by Crippen LogP contribution is 2.40. The van der Waals surface area contributed by atoms with Crippen LogP contribution in [-0.2, 0) is 10.3 Å². The second kappa shape index (κ2) is 9.71. The van der Waals surface area contributed by atoms with E-state index in [1.807, 2.05) is 56.3 Å². The fourth-order valence-electron chi connectivity index (χ4n) is 4.48. The minimum Gasteiger partial charge on any atom is -0.438 e. The molecule has 5 nitrogen and oxygen atoms in total. The highest BCUT2D eigenvalue weighted by molar-refractivity contribution is 5.70. The molecule has 0 unspecified atom stereocenters. The number of carbonyl (C=O) groups is 1. The maximum absolute atomic E-state index is 13.5. The zero-order valence-corrected chi connectivity index (χ0v) is 19.0. The van der Waals surface area contributed by atoms with Gasteiger partial charge in [0.05, 0.1) is 11.7 Å². The number of amides is 1. The molecular weight excluding hydrogens is 419 g/mol. The lowest BCUT2D eigenvalue weighted by molar-refractivity contribution is -0.0680. The summed E-state index contributed by atoms with van der Waals surface area (Å²) in [5, 5.41) is 9.36. The topological polar surface area (TPSA) is 62.7 Å². The first-order valence-corrected chi connectivity index (χ1v) is 11.3. The molecule has 0 aliphatic carbocycles. The minimum atomic E-state index is -0.857. The molecule has 6 heteroatoms. The molecule has 2 aromatic carbocycles. The molecule has 1 fully saturated rings. The largest absolute Gasteiger partial charge is 0.438 e. The molecule has 1 aliphatic heterocycles. The predicted molar refractivity (Wildman–Crippen MR) is 125 cm³/mol. The number of aliphatic hydroxyl groups excluding tert-OH is 1. The van der Waals surface area contributed by atoms with E-state index in [-0.39, 0.29) is 18.5 Å². The van der Waals surface area contributed by atoms with Gasteiger partial charge >= 0.3 is 6.09 Å². The number of rotatable bonds is 7. The average Bonchev–Trinajstić information content (AvgIpc) is 2.83. The first-order valence-electron chi connectivity index (χ1n) is 11.3. The third-order valence-corrected chi connectivity index (χ3v) is 6.43. The number of hydrogen-bond acceptors (Lipinski definition) is 4. The number of nitrogens with zero attached hydrogens (tertiary/aromatic N) is 2. The molecule has 1 amide bonds. The van der Waals surface area contributed by atoms with Crippen molar-refractivity contribution in [3.05, 3.63) is 89.4 Å². The number of benzene rings is 2. The Morgan fingerprint density at radius 1 is 1.12 bits per heavy atom. The van der Waals surface area contributed by atoms with Crippen LogP contribution in [0.3, 0.4) is 0 Å². The van der Waals surface area contributed by atoms with Crippen molar-refractivity contribution >= 4 is 6.09 Å². The maximum atomic E-state index is 13.5. The van der Waals surface area contributed by atoms with Gasteiger partial charge in [-0.15, -0.1) is 0 Å². The molecule has 1 N–H and O–H groups in total. The summed E-state index contributed by atoms with van der Waals surface area (Å²) in [7, 11) is 0. The normalized spacial score (nSPS) is 19.3. The van der Waals surface area contributed by atoms with Crippen LogP contribution in [0.5, 0.6) is 0 Å². The van der Waals surface area contributed by atoms with Crippen molar-refractivity contribution < 1.29 is 19.0 Å². The summed E-state index contributed by atoms with van der Waals surface area (Å²) < 4.78 is 19.5. The molecule has 3 aromatic rings. The lowest BCUT2D eigenvalue weighted by atomic mass is 9.84. The molecule has 2 atom stereocenters. The van der Waals surface area contributed by atoms with Crippen molar-refractivity contribution in [2.75, 3.05) is 13.2 Å². The quantitative estimate of drug-likeness (QED) is 0.499. The molecule has 0 saturated carbocycles. The number of cyclic esters (lactones) is 1. The number of ether oxygens (including phenoxy) is 1. The van der Waals surface area contributed by atoms with E-state index < -0.39 is 11.7 Å². The van der Waals surface area contributed by atoms with Gasteiger partial charge < -0.3 is 14.7 Å². The number of hydrogen-bond donors (Lipinski definition) is 1. The van der Waals surface area contributed by atoms with Gasteiger partial charge in [-0.2, -0.15) is 0 Å². The summed E-state index contributed by atoms with van der Waals surface area (Å²) in [5.41, 5.74) is 3.81. The number of aromatic nitrogens is 1. The van der Waals surface area contributed by atoms with Gasteiger partial charge in [0.15, 0.2) is 0 Å². The fraction of sp³-hybridized carbons (Fsp3) is 0.333. The maximum Gasteiger partial charge on any atom is 0.411 e. The predicted octanol–water partition coefficient (Wildman–Crippen LogP) is 5.77. The second-order valence-electron chi connectivity index (χ2n) is 8.60. The Kier molecular flexibility index (Phi) is 6.75. The zero-order chi connectivity index (χ0) is 23.4.